The molecule has 28 heavy (non-hydrogen) atoms. The van der Waals surface area contributed by atoms with Gasteiger partial charge in [0.15, 0.2) is 16.7 Å². The molecule has 0 aromatic carbocycles. The zero-order valence-corrected chi connectivity index (χ0v) is 16.1. The third kappa shape index (κ3) is 4.28. The number of thiazole rings is 1. The van der Waals surface area contributed by atoms with E-state index >= 15 is 0 Å². The van der Waals surface area contributed by atoms with Crippen LogP contribution < -0.4 is 5.32 Å². The van der Waals surface area contributed by atoms with E-state index in [0.717, 1.165) is 0 Å². The Morgan fingerprint density at radius 3 is 2.86 bits per heavy atom. The average molecular weight is 399 g/mol. The summed E-state index contributed by atoms with van der Waals surface area (Å²) < 4.78 is 10.8. The van der Waals surface area contributed by atoms with E-state index in [2.05, 4.69) is 15.3 Å². The molecule has 0 aliphatic carbocycles. The molecule has 1 N–H and O–H groups in total. The van der Waals surface area contributed by atoms with E-state index in [1.54, 1.807) is 24.6 Å². The van der Waals surface area contributed by atoms with Crippen molar-refractivity contribution in [3.8, 4) is 11.5 Å². The summed E-state index contributed by atoms with van der Waals surface area (Å²) in [6.45, 7) is 1.78. The van der Waals surface area contributed by atoms with Crippen LogP contribution in [0, 0.1) is 11.8 Å². The number of anilines is 1. The second-order valence-electron chi connectivity index (χ2n) is 6.84. The van der Waals surface area contributed by atoms with Gasteiger partial charge < -0.3 is 14.5 Å². The highest BCUT2D eigenvalue weighted by Gasteiger charge is 2.29. The molecule has 7 nitrogen and oxygen atoms in total. The predicted molar refractivity (Wildman–Crippen MR) is 107 cm³/mol. The molecule has 8 heteroatoms. The van der Waals surface area contributed by atoms with Crippen molar-refractivity contribution in [2.24, 2.45) is 16.8 Å². The third-order valence-corrected chi connectivity index (χ3v) is 5.79. The first-order chi connectivity index (χ1) is 13.7. The van der Waals surface area contributed by atoms with Gasteiger partial charge in [-0.3, -0.25) is 14.6 Å². The minimum atomic E-state index is -0.142. The van der Waals surface area contributed by atoms with Gasteiger partial charge in [-0.15, -0.1) is 0 Å². The van der Waals surface area contributed by atoms with Crippen molar-refractivity contribution >= 4 is 34.4 Å². The van der Waals surface area contributed by atoms with Gasteiger partial charge >= 0.3 is 0 Å². The predicted octanol–water partition coefficient (Wildman–Crippen LogP) is 3.60. The van der Waals surface area contributed by atoms with E-state index in [1.165, 1.54) is 11.3 Å². The molecule has 0 saturated carbocycles. The Kier molecular flexibility index (Phi) is 5.78. The number of furan rings is 1. The first-order valence-corrected chi connectivity index (χ1v) is 10.2. The van der Waals surface area contributed by atoms with E-state index in [9.17, 15) is 9.59 Å². The van der Waals surface area contributed by atoms with Crippen molar-refractivity contribution < 1.29 is 18.7 Å². The normalized spacial score (nSPS) is 19.6. The molecule has 2 aliphatic heterocycles. The Hall–Kier alpha value is -2.58. The Morgan fingerprint density at radius 2 is 2.14 bits per heavy atom. The van der Waals surface area contributed by atoms with E-state index in [0.29, 0.717) is 60.5 Å². The number of rotatable bonds is 6. The number of Topliss-reactive ketones (excluding diaryl/α,β-unsaturated/α-hetero) is 1. The summed E-state index contributed by atoms with van der Waals surface area (Å²) in [6, 6.07) is 3.53. The van der Waals surface area contributed by atoms with Crippen molar-refractivity contribution in [2.45, 2.75) is 19.3 Å². The highest BCUT2D eigenvalue weighted by atomic mass is 32.1. The van der Waals surface area contributed by atoms with Gasteiger partial charge in [-0.05, 0) is 31.1 Å². The van der Waals surface area contributed by atoms with E-state index in [-0.39, 0.29) is 23.5 Å². The van der Waals surface area contributed by atoms with Gasteiger partial charge in [0.05, 0.1) is 6.26 Å². The van der Waals surface area contributed by atoms with Crippen molar-refractivity contribution in [3.05, 3.63) is 35.4 Å². The first-order valence-electron chi connectivity index (χ1n) is 9.34. The zero-order valence-electron chi connectivity index (χ0n) is 15.3. The summed E-state index contributed by atoms with van der Waals surface area (Å²) in [5.74, 6) is 0.417. The van der Waals surface area contributed by atoms with Crippen LogP contribution >= 0.6 is 11.3 Å². The van der Waals surface area contributed by atoms with Crippen LogP contribution in [-0.2, 0) is 9.53 Å². The topological polar surface area (TPSA) is 93.8 Å². The van der Waals surface area contributed by atoms with Crippen LogP contribution in [0.5, 0.6) is 0 Å². The number of aliphatic imine (C=N–C) groups is 1. The molecule has 0 bridgehead atoms. The SMILES string of the molecule is O=C(CC1C=CC=NC1)Nc1nc(-c2ccco2)c(C(=O)C2CCOCC2)s1. The number of ether oxygens (including phenoxy) is 1. The molecule has 1 saturated heterocycles. The maximum absolute atomic E-state index is 13.1. The molecule has 4 heterocycles. The molecule has 0 radical (unpaired) electrons. The Labute approximate surface area is 166 Å². The van der Waals surface area contributed by atoms with Crippen molar-refractivity contribution in [2.75, 3.05) is 25.1 Å². The Balaban J connectivity index is 1.53. The number of allylic oxidation sites excluding steroid dienone is 1. The molecule has 0 spiro atoms. The molecular formula is C20H21N3O4S. The number of amides is 1. The highest BCUT2D eigenvalue weighted by Crippen LogP contribution is 2.35. The summed E-state index contributed by atoms with van der Waals surface area (Å²) >= 11 is 1.21. The number of carbonyl (C=O) groups is 2. The number of nitrogens with one attached hydrogen (secondary N) is 1. The van der Waals surface area contributed by atoms with E-state index < -0.39 is 0 Å². The lowest BCUT2D eigenvalue weighted by atomic mass is 9.94. The smallest absolute Gasteiger partial charge is 0.226 e. The van der Waals surface area contributed by atoms with Gasteiger partial charge in [0.25, 0.3) is 0 Å². The van der Waals surface area contributed by atoms with Gasteiger partial charge in [0.1, 0.15) is 10.6 Å². The number of nitrogens with zero attached hydrogens (tertiary/aromatic N) is 2. The fourth-order valence-corrected chi connectivity index (χ4v) is 4.34. The minimum Gasteiger partial charge on any atom is -0.463 e. The number of hydrogen-bond donors (Lipinski definition) is 1. The quantitative estimate of drug-likeness (QED) is 0.749. The molecule has 146 valence electrons. The number of carbonyl (C=O) groups excluding carboxylic acids is 2. The lowest BCUT2D eigenvalue weighted by Crippen LogP contribution is -2.23. The summed E-state index contributed by atoms with van der Waals surface area (Å²) in [5.41, 5.74) is 0.490. The fraction of sp³-hybridized carbons (Fsp3) is 0.400. The maximum atomic E-state index is 13.1. The Bertz CT molecular complexity index is 895. The second-order valence-corrected chi connectivity index (χ2v) is 7.84. The molecule has 1 unspecified atom stereocenters. The monoisotopic (exact) mass is 399 g/mol. The standard InChI is InChI=1S/C20H21N3O4S/c24-16(11-13-3-1-7-21-12-13)22-20-23-17(15-4-2-8-27-15)19(28-20)18(25)14-5-9-26-10-6-14/h1-4,7-8,13-14H,5-6,9-12H2,(H,22,23,24). The fourth-order valence-electron chi connectivity index (χ4n) is 3.33. The Morgan fingerprint density at radius 1 is 1.29 bits per heavy atom. The largest absolute Gasteiger partial charge is 0.463 e. The van der Waals surface area contributed by atoms with Crippen LogP contribution in [0.1, 0.15) is 28.9 Å². The molecule has 2 aliphatic rings. The van der Waals surface area contributed by atoms with Crippen molar-refractivity contribution in [3.63, 3.8) is 0 Å². The molecular weight excluding hydrogens is 378 g/mol. The lowest BCUT2D eigenvalue weighted by Gasteiger charge is -2.20. The van der Waals surface area contributed by atoms with Gasteiger partial charge in [-0.2, -0.15) is 0 Å². The third-order valence-electron chi connectivity index (χ3n) is 4.81. The molecule has 2 aromatic heterocycles. The number of dihydropyridines is 1. The molecule has 1 amide bonds. The number of aromatic nitrogens is 1. The van der Waals surface area contributed by atoms with Crippen LogP contribution in [0.4, 0.5) is 5.13 Å². The summed E-state index contributed by atoms with van der Waals surface area (Å²) in [7, 11) is 0. The van der Waals surface area contributed by atoms with E-state index in [1.807, 2.05) is 12.2 Å². The summed E-state index contributed by atoms with van der Waals surface area (Å²) in [5, 5.41) is 3.25. The molecule has 1 atom stereocenters. The van der Waals surface area contributed by atoms with Crippen molar-refractivity contribution in [1.29, 1.82) is 0 Å². The molecule has 4 rings (SSSR count). The molecule has 1 fully saturated rings. The minimum absolute atomic E-state index is 0.0391. The van der Waals surface area contributed by atoms with Gasteiger partial charge in [0.2, 0.25) is 5.91 Å². The van der Waals surface area contributed by atoms with Crippen LogP contribution in [0.2, 0.25) is 0 Å². The van der Waals surface area contributed by atoms with Crippen LogP contribution in [0.3, 0.4) is 0 Å². The van der Waals surface area contributed by atoms with E-state index in [4.69, 9.17) is 9.15 Å². The highest BCUT2D eigenvalue weighted by molar-refractivity contribution is 7.18. The van der Waals surface area contributed by atoms with Crippen LogP contribution in [0.15, 0.2) is 40.0 Å². The zero-order chi connectivity index (χ0) is 19.3. The maximum Gasteiger partial charge on any atom is 0.226 e. The van der Waals surface area contributed by atoms with Crippen LogP contribution in [-0.4, -0.2) is 42.6 Å². The average Bonchev–Trinajstić information content (AvgIpc) is 3.38. The molecule has 2 aromatic rings. The van der Waals surface area contributed by atoms with Crippen molar-refractivity contribution in [1.82, 2.24) is 4.98 Å². The number of hydrogen-bond acceptors (Lipinski definition) is 7. The number of ketones is 1. The van der Waals surface area contributed by atoms with Gasteiger partial charge in [-0.1, -0.05) is 17.4 Å². The second kappa shape index (κ2) is 8.62. The van der Waals surface area contributed by atoms with Gasteiger partial charge in [-0.25, -0.2) is 4.98 Å². The summed E-state index contributed by atoms with van der Waals surface area (Å²) in [4.78, 5) is 34.7. The summed E-state index contributed by atoms with van der Waals surface area (Å²) in [6.07, 6.45) is 8.83. The first kappa shape index (κ1) is 18.8. The van der Waals surface area contributed by atoms with Crippen LogP contribution in [0.25, 0.3) is 11.5 Å². The lowest BCUT2D eigenvalue weighted by molar-refractivity contribution is -0.116. The van der Waals surface area contributed by atoms with Gasteiger partial charge in [0, 0.05) is 44.2 Å².